The largest absolute Gasteiger partial charge is 0.351 e. The van der Waals surface area contributed by atoms with Crippen molar-refractivity contribution >= 4 is 29.0 Å². The number of hydrogen-bond donors (Lipinski definition) is 2. The van der Waals surface area contributed by atoms with E-state index in [9.17, 15) is 9.59 Å². The third-order valence-corrected chi connectivity index (χ3v) is 3.52. The molecule has 2 N–H and O–H groups in total. The third-order valence-electron chi connectivity index (χ3n) is 2.65. The minimum absolute atomic E-state index is 0.149. The number of aryl methyl sites for hydroxylation is 2. The lowest BCUT2D eigenvalue weighted by Gasteiger charge is -2.06. The quantitative estimate of drug-likeness (QED) is 0.878. The summed E-state index contributed by atoms with van der Waals surface area (Å²) in [6.07, 6.45) is 0.224. The van der Waals surface area contributed by atoms with Crippen molar-refractivity contribution in [3.8, 4) is 0 Å². The Kier molecular flexibility index (Phi) is 4.52. The van der Waals surface area contributed by atoms with E-state index in [1.807, 2.05) is 18.4 Å². The van der Waals surface area contributed by atoms with Crippen molar-refractivity contribution in [3.63, 3.8) is 0 Å². The standard InChI is InChI=1S/C13H16N4O2S/c1-9-8-11(17(2)16-9)15-12(18)5-6-14-13(19)10-4-3-7-20-10/h3-4,7-8H,5-6H2,1-2H3,(H,14,19)(H,15,18). The predicted octanol–water partition coefficient (Wildman–Crippen LogP) is 1.55. The lowest BCUT2D eigenvalue weighted by molar-refractivity contribution is -0.116. The Morgan fingerprint density at radius 1 is 1.45 bits per heavy atom. The molecule has 0 bridgehead atoms. The van der Waals surface area contributed by atoms with Gasteiger partial charge in [0.15, 0.2) is 0 Å². The molecule has 2 heterocycles. The minimum atomic E-state index is -0.153. The maximum atomic E-state index is 11.7. The summed E-state index contributed by atoms with van der Waals surface area (Å²) >= 11 is 1.37. The van der Waals surface area contributed by atoms with Crippen LogP contribution in [0.3, 0.4) is 0 Å². The van der Waals surface area contributed by atoms with Crippen LogP contribution in [0.2, 0.25) is 0 Å². The molecule has 0 aliphatic rings. The summed E-state index contributed by atoms with van der Waals surface area (Å²) in [5.41, 5.74) is 0.841. The fourth-order valence-electron chi connectivity index (χ4n) is 1.72. The number of rotatable bonds is 5. The van der Waals surface area contributed by atoms with Crippen molar-refractivity contribution < 1.29 is 9.59 Å². The molecule has 0 atom stereocenters. The maximum absolute atomic E-state index is 11.7. The average molecular weight is 292 g/mol. The number of hydrogen-bond acceptors (Lipinski definition) is 4. The Morgan fingerprint density at radius 3 is 2.85 bits per heavy atom. The Balaban J connectivity index is 1.76. The number of nitrogens with one attached hydrogen (secondary N) is 2. The number of aromatic nitrogens is 2. The Labute approximate surface area is 120 Å². The molecular formula is C13H16N4O2S. The second kappa shape index (κ2) is 6.33. The van der Waals surface area contributed by atoms with Gasteiger partial charge in [-0.3, -0.25) is 14.3 Å². The van der Waals surface area contributed by atoms with Crippen molar-refractivity contribution in [1.29, 1.82) is 0 Å². The van der Waals surface area contributed by atoms with Crippen LogP contribution in [-0.2, 0) is 11.8 Å². The van der Waals surface area contributed by atoms with Crippen LogP contribution in [-0.4, -0.2) is 28.1 Å². The highest BCUT2D eigenvalue weighted by Crippen LogP contribution is 2.09. The molecule has 106 valence electrons. The van der Waals surface area contributed by atoms with Gasteiger partial charge in [0.2, 0.25) is 5.91 Å². The van der Waals surface area contributed by atoms with Crippen molar-refractivity contribution in [2.45, 2.75) is 13.3 Å². The SMILES string of the molecule is Cc1cc(NC(=O)CCNC(=O)c2cccs2)n(C)n1. The zero-order valence-electron chi connectivity index (χ0n) is 11.3. The maximum Gasteiger partial charge on any atom is 0.261 e. The van der Waals surface area contributed by atoms with Gasteiger partial charge in [0.25, 0.3) is 5.91 Å². The highest BCUT2D eigenvalue weighted by atomic mass is 32.1. The van der Waals surface area contributed by atoms with Crippen LogP contribution < -0.4 is 10.6 Å². The third kappa shape index (κ3) is 3.67. The smallest absolute Gasteiger partial charge is 0.261 e. The van der Waals surface area contributed by atoms with Crippen molar-refractivity contribution in [2.75, 3.05) is 11.9 Å². The van der Waals surface area contributed by atoms with Crippen LogP contribution in [0.1, 0.15) is 21.8 Å². The lowest BCUT2D eigenvalue weighted by atomic mass is 10.3. The van der Waals surface area contributed by atoms with Gasteiger partial charge < -0.3 is 10.6 Å². The number of carbonyl (C=O) groups excluding carboxylic acids is 2. The summed E-state index contributed by atoms with van der Waals surface area (Å²) in [6, 6.07) is 5.36. The average Bonchev–Trinajstić information content (AvgIpc) is 3.00. The molecule has 6 nitrogen and oxygen atoms in total. The first-order valence-corrected chi connectivity index (χ1v) is 7.06. The Bertz CT molecular complexity index is 604. The fraction of sp³-hybridized carbons (Fsp3) is 0.308. The van der Waals surface area contributed by atoms with Gasteiger partial charge in [-0.15, -0.1) is 11.3 Å². The molecule has 0 aromatic carbocycles. The molecule has 0 aliphatic carbocycles. The van der Waals surface area contributed by atoms with E-state index in [2.05, 4.69) is 15.7 Å². The number of thiophene rings is 1. The molecule has 0 unspecified atom stereocenters. The van der Waals surface area contributed by atoms with Gasteiger partial charge in [-0.2, -0.15) is 5.10 Å². The molecule has 0 radical (unpaired) electrons. The van der Waals surface area contributed by atoms with Crippen LogP contribution in [0.5, 0.6) is 0 Å². The zero-order chi connectivity index (χ0) is 14.5. The van der Waals surface area contributed by atoms with E-state index >= 15 is 0 Å². The summed E-state index contributed by atoms with van der Waals surface area (Å²) in [7, 11) is 1.77. The molecule has 2 aromatic heterocycles. The highest BCUT2D eigenvalue weighted by Gasteiger charge is 2.09. The van der Waals surface area contributed by atoms with Crippen LogP contribution in [0.4, 0.5) is 5.82 Å². The van der Waals surface area contributed by atoms with Crippen molar-refractivity contribution in [3.05, 3.63) is 34.2 Å². The van der Waals surface area contributed by atoms with Gasteiger partial charge >= 0.3 is 0 Å². The second-order valence-corrected chi connectivity index (χ2v) is 5.27. The lowest BCUT2D eigenvalue weighted by Crippen LogP contribution is -2.27. The Morgan fingerprint density at radius 2 is 2.25 bits per heavy atom. The van der Waals surface area contributed by atoms with Crippen LogP contribution in [0, 0.1) is 6.92 Å². The molecule has 0 saturated carbocycles. The van der Waals surface area contributed by atoms with Gasteiger partial charge in [-0.1, -0.05) is 6.07 Å². The van der Waals surface area contributed by atoms with E-state index < -0.39 is 0 Å². The van der Waals surface area contributed by atoms with Crippen LogP contribution >= 0.6 is 11.3 Å². The van der Waals surface area contributed by atoms with Gasteiger partial charge in [0, 0.05) is 26.1 Å². The van der Waals surface area contributed by atoms with E-state index in [4.69, 9.17) is 0 Å². The number of carbonyl (C=O) groups is 2. The first-order valence-electron chi connectivity index (χ1n) is 6.18. The molecule has 0 fully saturated rings. The van der Waals surface area contributed by atoms with E-state index in [0.29, 0.717) is 17.2 Å². The monoisotopic (exact) mass is 292 g/mol. The van der Waals surface area contributed by atoms with Gasteiger partial charge in [-0.25, -0.2) is 0 Å². The molecule has 0 spiro atoms. The van der Waals surface area contributed by atoms with E-state index in [1.165, 1.54) is 11.3 Å². The van der Waals surface area contributed by atoms with Gasteiger partial charge in [0.1, 0.15) is 5.82 Å². The Hall–Kier alpha value is -2.15. The number of anilines is 1. The summed E-state index contributed by atoms with van der Waals surface area (Å²) in [5.74, 6) is 0.348. The number of amides is 2. The normalized spacial score (nSPS) is 10.3. The van der Waals surface area contributed by atoms with Crippen molar-refractivity contribution in [2.24, 2.45) is 7.05 Å². The summed E-state index contributed by atoms with van der Waals surface area (Å²) < 4.78 is 1.61. The first kappa shape index (κ1) is 14.3. The molecular weight excluding hydrogens is 276 g/mol. The summed E-state index contributed by atoms with van der Waals surface area (Å²) in [4.78, 5) is 24.0. The fourth-order valence-corrected chi connectivity index (χ4v) is 2.36. The molecule has 0 saturated heterocycles. The molecule has 2 aromatic rings. The van der Waals surface area contributed by atoms with Gasteiger partial charge in [-0.05, 0) is 18.4 Å². The van der Waals surface area contributed by atoms with E-state index in [-0.39, 0.29) is 18.2 Å². The predicted molar refractivity (Wildman–Crippen MR) is 77.8 cm³/mol. The summed E-state index contributed by atoms with van der Waals surface area (Å²) in [6.45, 7) is 2.16. The highest BCUT2D eigenvalue weighted by molar-refractivity contribution is 7.12. The zero-order valence-corrected chi connectivity index (χ0v) is 12.2. The molecule has 2 rings (SSSR count). The minimum Gasteiger partial charge on any atom is -0.351 e. The molecule has 7 heteroatoms. The van der Waals surface area contributed by atoms with Crippen LogP contribution in [0.15, 0.2) is 23.6 Å². The van der Waals surface area contributed by atoms with Crippen molar-refractivity contribution in [1.82, 2.24) is 15.1 Å². The van der Waals surface area contributed by atoms with E-state index in [0.717, 1.165) is 5.69 Å². The molecule has 0 aliphatic heterocycles. The molecule has 2 amide bonds. The van der Waals surface area contributed by atoms with Gasteiger partial charge in [0.05, 0.1) is 10.6 Å². The van der Waals surface area contributed by atoms with E-state index in [1.54, 1.807) is 23.9 Å². The summed E-state index contributed by atoms with van der Waals surface area (Å²) in [5, 5.41) is 11.4. The first-order chi connectivity index (χ1) is 9.56. The molecule has 20 heavy (non-hydrogen) atoms. The number of nitrogens with zero attached hydrogens (tertiary/aromatic N) is 2. The van der Waals surface area contributed by atoms with Crippen LogP contribution in [0.25, 0.3) is 0 Å². The topological polar surface area (TPSA) is 76.0 Å². The second-order valence-electron chi connectivity index (χ2n) is 4.33.